The Hall–Kier alpha value is -2.63. The zero-order chi connectivity index (χ0) is 16.8. The molecule has 0 aromatic heterocycles. The van der Waals surface area contributed by atoms with E-state index in [-0.39, 0.29) is 30.9 Å². The molecule has 2 rings (SSSR count). The molecule has 0 spiro atoms. The van der Waals surface area contributed by atoms with Gasteiger partial charge in [-0.3, -0.25) is 4.79 Å². The van der Waals surface area contributed by atoms with E-state index in [2.05, 4.69) is 10.6 Å². The van der Waals surface area contributed by atoms with Crippen molar-refractivity contribution < 1.29 is 19.1 Å². The maximum atomic E-state index is 13.8. The van der Waals surface area contributed by atoms with Crippen molar-refractivity contribution >= 4 is 22.8 Å². The Balaban J connectivity index is 2.01. The van der Waals surface area contributed by atoms with Crippen LogP contribution in [0.1, 0.15) is 31.4 Å². The molecule has 0 radical (unpaired) electrons. The summed E-state index contributed by atoms with van der Waals surface area (Å²) in [5.74, 6) is -1.19. The van der Waals surface area contributed by atoms with Crippen LogP contribution in [0.4, 0.5) is 9.18 Å². The molecule has 6 heteroatoms. The Labute approximate surface area is 133 Å². The quantitative estimate of drug-likeness (QED) is 0.716. The molecule has 0 aliphatic carbocycles. The molecular formula is C17H19FN2O3. The van der Waals surface area contributed by atoms with Crippen molar-refractivity contribution in [2.24, 2.45) is 0 Å². The summed E-state index contributed by atoms with van der Waals surface area (Å²) in [7, 11) is 0. The number of carboxylic acid groups (broad SMARTS) is 1. The lowest BCUT2D eigenvalue weighted by Gasteiger charge is -2.17. The van der Waals surface area contributed by atoms with Gasteiger partial charge in [0.05, 0.1) is 6.04 Å². The van der Waals surface area contributed by atoms with Gasteiger partial charge < -0.3 is 15.7 Å². The maximum Gasteiger partial charge on any atom is 0.315 e. The smallest absolute Gasteiger partial charge is 0.315 e. The molecule has 0 saturated heterocycles. The largest absolute Gasteiger partial charge is 0.481 e. The van der Waals surface area contributed by atoms with Gasteiger partial charge in [0.25, 0.3) is 0 Å². The number of aliphatic carboxylic acids is 1. The predicted octanol–water partition coefficient (Wildman–Crippen LogP) is 3.20. The summed E-state index contributed by atoms with van der Waals surface area (Å²) in [4.78, 5) is 22.2. The van der Waals surface area contributed by atoms with E-state index in [0.717, 1.165) is 10.9 Å². The fourth-order valence-electron chi connectivity index (χ4n) is 2.43. The Kier molecular flexibility index (Phi) is 5.51. The normalized spacial score (nSPS) is 11.9. The van der Waals surface area contributed by atoms with Gasteiger partial charge in [-0.25, -0.2) is 9.18 Å². The molecule has 0 bridgehead atoms. The molecule has 2 aromatic carbocycles. The molecule has 1 unspecified atom stereocenters. The van der Waals surface area contributed by atoms with Crippen LogP contribution in [-0.4, -0.2) is 23.7 Å². The van der Waals surface area contributed by atoms with Crippen molar-refractivity contribution in [3.63, 3.8) is 0 Å². The highest BCUT2D eigenvalue weighted by atomic mass is 19.1. The minimum atomic E-state index is -0.890. The Morgan fingerprint density at radius 3 is 2.57 bits per heavy atom. The summed E-state index contributed by atoms with van der Waals surface area (Å²) in [5.41, 5.74) is 0.822. The number of rotatable bonds is 6. The Morgan fingerprint density at radius 1 is 1.17 bits per heavy atom. The first-order valence-electron chi connectivity index (χ1n) is 7.42. The van der Waals surface area contributed by atoms with Crippen LogP contribution in [0, 0.1) is 5.82 Å². The van der Waals surface area contributed by atoms with E-state index in [9.17, 15) is 14.0 Å². The average molecular weight is 318 g/mol. The third-order valence-corrected chi connectivity index (χ3v) is 3.57. The molecule has 0 heterocycles. The van der Waals surface area contributed by atoms with E-state index in [4.69, 9.17) is 5.11 Å². The summed E-state index contributed by atoms with van der Waals surface area (Å²) in [6.07, 6.45) is 0.384. The van der Waals surface area contributed by atoms with Crippen molar-refractivity contribution in [1.82, 2.24) is 10.6 Å². The summed E-state index contributed by atoms with van der Waals surface area (Å²) in [6, 6.07) is 9.47. The molecule has 2 aromatic rings. The maximum absolute atomic E-state index is 13.8. The van der Waals surface area contributed by atoms with Crippen LogP contribution in [0.15, 0.2) is 36.4 Å². The third kappa shape index (κ3) is 4.42. The van der Waals surface area contributed by atoms with Crippen LogP contribution in [0.25, 0.3) is 10.8 Å². The fourth-order valence-corrected chi connectivity index (χ4v) is 2.43. The molecule has 122 valence electrons. The minimum Gasteiger partial charge on any atom is -0.481 e. The lowest BCUT2D eigenvalue weighted by Crippen LogP contribution is -2.37. The van der Waals surface area contributed by atoms with E-state index >= 15 is 0 Å². The number of fused-ring (bicyclic) bond motifs is 1. The molecule has 0 saturated carbocycles. The summed E-state index contributed by atoms with van der Waals surface area (Å²) < 4.78 is 13.8. The van der Waals surface area contributed by atoms with E-state index in [1.54, 1.807) is 18.2 Å². The molecule has 0 aliphatic rings. The number of hydrogen-bond donors (Lipinski definition) is 3. The molecular weight excluding hydrogens is 299 g/mol. The van der Waals surface area contributed by atoms with Crippen molar-refractivity contribution in [1.29, 1.82) is 0 Å². The SMILES string of the molecule is CC(NC(=O)NCCCC(=O)O)c1ccc(F)c2ccccc12. The summed E-state index contributed by atoms with van der Waals surface area (Å²) in [5, 5.41) is 15.2. The first kappa shape index (κ1) is 16.7. The van der Waals surface area contributed by atoms with Gasteiger partial charge in [-0.1, -0.05) is 30.3 Å². The van der Waals surface area contributed by atoms with Crippen LogP contribution in [-0.2, 0) is 4.79 Å². The average Bonchev–Trinajstić information content (AvgIpc) is 2.52. The zero-order valence-electron chi connectivity index (χ0n) is 12.8. The number of nitrogens with one attached hydrogen (secondary N) is 2. The lowest BCUT2D eigenvalue weighted by atomic mass is 9.99. The summed E-state index contributed by atoms with van der Waals surface area (Å²) >= 11 is 0. The second-order valence-electron chi connectivity index (χ2n) is 5.30. The number of carbonyl (C=O) groups is 2. The third-order valence-electron chi connectivity index (χ3n) is 3.57. The monoisotopic (exact) mass is 318 g/mol. The van der Waals surface area contributed by atoms with E-state index in [1.807, 2.05) is 19.1 Å². The van der Waals surface area contributed by atoms with Gasteiger partial charge in [0.1, 0.15) is 5.82 Å². The lowest BCUT2D eigenvalue weighted by molar-refractivity contribution is -0.137. The first-order chi connectivity index (χ1) is 11.0. The Morgan fingerprint density at radius 2 is 1.87 bits per heavy atom. The molecule has 2 amide bonds. The van der Waals surface area contributed by atoms with Crippen molar-refractivity contribution in [2.75, 3.05) is 6.54 Å². The molecule has 23 heavy (non-hydrogen) atoms. The van der Waals surface area contributed by atoms with Gasteiger partial charge in [-0.15, -0.1) is 0 Å². The van der Waals surface area contributed by atoms with Gasteiger partial charge in [-0.05, 0) is 30.4 Å². The van der Waals surface area contributed by atoms with Crippen LogP contribution < -0.4 is 10.6 Å². The number of urea groups is 1. The number of benzene rings is 2. The zero-order valence-corrected chi connectivity index (χ0v) is 12.8. The predicted molar refractivity (Wildman–Crippen MR) is 85.7 cm³/mol. The topological polar surface area (TPSA) is 78.4 Å². The Bertz CT molecular complexity index is 718. The van der Waals surface area contributed by atoms with Crippen LogP contribution in [0.3, 0.4) is 0 Å². The van der Waals surface area contributed by atoms with Crippen molar-refractivity contribution in [3.05, 3.63) is 47.8 Å². The standard InChI is InChI=1S/C17H19FN2O3/c1-11(20-17(23)19-10-4-7-16(21)22)12-8-9-15(18)14-6-3-2-5-13(12)14/h2-3,5-6,8-9,11H,4,7,10H2,1H3,(H,21,22)(H2,19,20,23). The minimum absolute atomic E-state index is 0.0123. The van der Waals surface area contributed by atoms with Crippen LogP contribution >= 0.6 is 0 Å². The van der Waals surface area contributed by atoms with Crippen molar-refractivity contribution in [2.45, 2.75) is 25.8 Å². The van der Waals surface area contributed by atoms with Gasteiger partial charge in [0.2, 0.25) is 0 Å². The second kappa shape index (κ2) is 7.58. The van der Waals surface area contributed by atoms with E-state index < -0.39 is 5.97 Å². The molecule has 0 fully saturated rings. The molecule has 3 N–H and O–H groups in total. The highest BCUT2D eigenvalue weighted by Crippen LogP contribution is 2.26. The number of carbonyl (C=O) groups excluding carboxylic acids is 1. The fraction of sp³-hybridized carbons (Fsp3) is 0.294. The van der Waals surface area contributed by atoms with E-state index in [0.29, 0.717) is 11.8 Å². The van der Waals surface area contributed by atoms with Gasteiger partial charge in [-0.2, -0.15) is 0 Å². The van der Waals surface area contributed by atoms with E-state index in [1.165, 1.54) is 6.07 Å². The van der Waals surface area contributed by atoms with Crippen LogP contribution in [0.2, 0.25) is 0 Å². The highest BCUT2D eigenvalue weighted by molar-refractivity contribution is 5.87. The van der Waals surface area contributed by atoms with Gasteiger partial charge in [0, 0.05) is 18.4 Å². The molecule has 5 nitrogen and oxygen atoms in total. The number of carboxylic acids is 1. The number of amides is 2. The number of hydrogen-bond acceptors (Lipinski definition) is 2. The van der Waals surface area contributed by atoms with Crippen LogP contribution in [0.5, 0.6) is 0 Å². The summed E-state index contributed by atoms with van der Waals surface area (Å²) in [6.45, 7) is 2.10. The van der Waals surface area contributed by atoms with Gasteiger partial charge >= 0.3 is 12.0 Å². The first-order valence-corrected chi connectivity index (χ1v) is 7.42. The molecule has 0 aliphatic heterocycles. The van der Waals surface area contributed by atoms with Gasteiger partial charge in [0.15, 0.2) is 0 Å². The highest BCUT2D eigenvalue weighted by Gasteiger charge is 2.13. The second-order valence-corrected chi connectivity index (χ2v) is 5.30. The number of halogens is 1. The van der Waals surface area contributed by atoms with Crippen molar-refractivity contribution in [3.8, 4) is 0 Å². The molecule has 1 atom stereocenters.